The normalized spacial score (nSPS) is 15.2. The summed E-state index contributed by atoms with van der Waals surface area (Å²) in [6, 6.07) is 9.28. The van der Waals surface area contributed by atoms with E-state index in [1.165, 1.54) is 4.88 Å². The maximum Gasteiger partial charge on any atom is 0.194 e. The quantitative estimate of drug-likeness (QED) is 0.347. The van der Waals surface area contributed by atoms with E-state index in [-0.39, 0.29) is 29.7 Å². The van der Waals surface area contributed by atoms with Crippen LogP contribution in [0.5, 0.6) is 11.5 Å². The molecule has 3 rings (SSSR count). The molecule has 1 aromatic heterocycles. The molecule has 0 radical (unpaired) electrons. The van der Waals surface area contributed by atoms with Crippen LogP contribution in [0.15, 0.2) is 35.3 Å². The SMILES string of the molecule is CN=C(NCc1cc(OC)ccc1O)N1CCN(Cc2ccc(Cl)s2)CC1.I. The van der Waals surface area contributed by atoms with E-state index in [0.717, 1.165) is 54.3 Å². The van der Waals surface area contributed by atoms with Gasteiger partial charge in [-0.25, -0.2) is 0 Å². The molecule has 0 saturated carbocycles. The van der Waals surface area contributed by atoms with Gasteiger partial charge in [0.15, 0.2) is 5.96 Å². The molecule has 1 aromatic carbocycles. The lowest BCUT2D eigenvalue weighted by Gasteiger charge is -2.36. The van der Waals surface area contributed by atoms with Gasteiger partial charge in [0.1, 0.15) is 11.5 Å². The molecular formula is C19H26ClIN4O2S. The highest BCUT2D eigenvalue weighted by Crippen LogP contribution is 2.24. The first kappa shape index (κ1) is 23.1. The van der Waals surface area contributed by atoms with Crippen LogP contribution in [0.4, 0.5) is 0 Å². The maximum atomic E-state index is 10.0. The number of piperazine rings is 1. The van der Waals surface area contributed by atoms with Crippen LogP contribution < -0.4 is 10.1 Å². The fraction of sp³-hybridized carbons (Fsp3) is 0.421. The van der Waals surface area contributed by atoms with Crippen molar-refractivity contribution in [1.29, 1.82) is 0 Å². The first-order chi connectivity index (χ1) is 13.1. The zero-order valence-electron chi connectivity index (χ0n) is 16.0. The van der Waals surface area contributed by atoms with E-state index < -0.39 is 0 Å². The van der Waals surface area contributed by atoms with Crippen molar-refractivity contribution in [3.8, 4) is 11.5 Å². The molecule has 0 bridgehead atoms. The van der Waals surface area contributed by atoms with Crippen molar-refractivity contribution >= 4 is 52.9 Å². The molecule has 1 aliphatic heterocycles. The molecule has 1 aliphatic rings. The Morgan fingerprint density at radius 3 is 2.61 bits per heavy atom. The van der Waals surface area contributed by atoms with Crippen LogP contribution in [0.25, 0.3) is 0 Å². The number of nitrogens with one attached hydrogen (secondary N) is 1. The Morgan fingerprint density at radius 2 is 2.00 bits per heavy atom. The van der Waals surface area contributed by atoms with Crippen LogP contribution in [0.1, 0.15) is 10.4 Å². The highest BCUT2D eigenvalue weighted by atomic mass is 127. The van der Waals surface area contributed by atoms with Crippen LogP contribution >= 0.6 is 46.9 Å². The first-order valence-corrected chi connectivity index (χ1v) is 10.1. The van der Waals surface area contributed by atoms with E-state index in [0.29, 0.717) is 6.54 Å². The number of hydrogen-bond donors (Lipinski definition) is 2. The van der Waals surface area contributed by atoms with Gasteiger partial charge >= 0.3 is 0 Å². The van der Waals surface area contributed by atoms with Crippen LogP contribution in [0.3, 0.4) is 0 Å². The van der Waals surface area contributed by atoms with Crippen LogP contribution in [0, 0.1) is 0 Å². The monoisotopic (exact) mass is 536 g/mol. The largest absolute Gasteiger partial charge is 0.508 e. The maximum absolute atomic E-state index is 10.0. The van der Waals surface area contributed by atoms with E-state index in [4.69, 9.17) is 16.3 Å². The third-order valence-electron chi connectivity index (χ3n) is 4.62. The summed E-state index contributed by atoms with van der Waals surface area (Å²) in [6.45, 7) is 5.19. The number of phenols is 1. The van der Waals surface area contributed by atoms with Gasteiger partial charge in [-0.15, -0.1) is 35.3 Å². The van der Waals surface area contributed by atoms with E-state index >= 15 is 0 Å². The molecule has 9 heteroatoms. The number of rotatable bonds is 5. The Labute approximate surface area is 192 Å². The lowest BCUT2D eigenvalue weighted by atomic mass is 10.2. The zero-order valence-corrected chi connectivity index (χ0v) is 19.9. The Kier molecular flexibility index (Phi) is 9.13. The number of ether oxygens (including phenoxy) is 1. The zero-order chi connectivity index (χ0) is 19.2. The number of methoxy groups -OCH3 is 1. The fourth-order valence-corrected chi connectivity index (χ4v) is 4.24. The first-order valence-electron chi connectivity index (χ1n) is 8.87. The molecule has 6 nitrogen and oxygen atoms in total. The Morgan fingerprint density at radius 1 is 1.25 bits per heavy atom. The highest BCUT2D eigenvalue weighted by molar-refractivity contribution is 14.0. The predicted molar refractivity (Wildman–Crippen MR) is 126 cm³/mol. The van der Waals surface area contributed by atoms with Crippen molar-refractivity contribution in [1.82, 2.24) is 15.1 Å². The third-order valence-corrected chi connectivity index (χ3v) is 5.83. The number of nitrogens with zero attached hydrogens (tertiary/aromatic N) is 3. The van der Waals surface area contributed by atoms with E-state index in [1.807, 2.05) is 12.1 Å². The Balaban J connectivity index is 0.00000280. The van der Waals surface area contributed by atoms with Gasteiger partial charge in [0.2, 0.25) is 0 Å². The number of guanidine groups is 1. The summed E-state index contributed by atoms with van der Waals surface area (Å²) in [4.78, 5) is 10.4. The molecule has 154 valence electrons. The minimum Gasteiger partial charge on any atom is -0.508 e. The van der Waals surface area contributed by atoms with E-state index in [2.05, 4.69) is 26.2 Å². The Bertz CT molecular complexity index is 794. The van der Waals surface area contributed by atoms with Gasteiger partial charge in [0.25, 0.3) is 0 Å². The molecule has 1 saturated heterocycles. The smallest absolute Gasteiger partial charge is 0.194 e. The number of benzene rings is 1. The van der Waals surface area contributed by atoms with Gasteiger partial charge in [0.05, 0.1) is 11.4 Å². The summed E-state index contributed by atoms with van der Waals surface area (Å²) in [5.41, 5.74) is 0.781. The average Bonchev–Trinajstić information content (AvgIpc) is 3.09. The molecule has 2 aromatic rings. The van der Waals surface area contributed by atoms with Gasteiger partial charge in [-0.2, -0.15) is 0 Å². The predicted octanol–water partition coefficient (Wildman–Crippen LogP) is 3.63. The van der Waals surface area contributed by atoms with Crippen LogP contribution in [-0.2, 0) is 13.1 Å². The fourth-order valence-electron chi connectivity index (χ4n) is 3.11. The number of phenolic OH excluding ortho intramolecular Hbond substituents is 1. The molecule has 1 fully saturated rings. The van der Waals surface area contributed by atoms with Crippen molar-refractivity contribution in [2.45, 2.75) is 13.1 Å². The molecular weight excluding hydrogens is 511 g/mol. The Hall–Kier alpha value is -1.23. The van der Waals surface area contributed by atoms with Crippen molar-refractivity contribution in [2.75, 3.05) is 40.3 Å². The van der Waals surface area contributed by atoms with E-state index in [9.17, 15) is 5.11 Å². The topological polar surface area (TPSA) is 60.3 Å². The second-order valence-electron chi connectivity index (χ2n) is 6.36. The van der Waals surface area contributed by atoms with Crippen LogP contribution in [0.2, 0.25) is 4.34 Å². The minimum absolute atomic E-state index is 0. The second kappa shape index (κ2) is 11.1. The summed E-state index contributed by atoms with van der Waals surface area (Å²) in [6.07, 6.45) is 0. The van der Waals surface area contributed by atoms with Gasteiger partial charge in [-0.1, -0.05) is 11.6 Å². The van der Waals surface area contributed by atoms with Gasteiger partial charge in [0, 0.05) is 56.8 Å². The summed E-state index contributed by atoms with van der Waals surface area (Å²) >= 11 is 7.66. The van der Waals surface area contributed by atoms with Gasteiger partial charge < -0.3 is 20.1 Å². The van der Waals surface area contributed by atoms with E-state index in [1.54, 1.807) is 37.6 Å². The van der Waals surface area contributed by atoms with Gasteiger partial charge in [-0.05, 0) is 30.3 Å². The number of hydrogen-bond acceptors (Lipinski definition) is 5. The molecule has 2 N–H and O–H groups in total. The van der Waals surface area contributed by atoms with Crippen molar-refractivity contribution in [2.24, 2.45) is 4.99 Å². The molecule has 0 atom stereocenters. The minimum atomic E-state index is 0. The lowest BCUT2D eigenvalue weighted by molar-refractivity contribution is 0.173. The molecule has 28 heavy (non-hydrogen) atoms. The molecule has 0 amide bonds. The lowest BCUT2D eigenvalue weighted by Crippen LogP contribution is -2.51. The summed E-state index contributed by atoms with van der Waals surface area (Å²) in [5.74, 6) is 1.82. The number of thiophene rings is 1. The van der Waals surface area contributed by atoms with Crippen molar-refractivity contribution in [3.05, 3.63) is 45.1 Å². The second-order valence-corrected chi connectivity index (χ2v) is 8.16. The molecule has 0 aliphatic carbocycles. The number of aromatic hydroxyl groups is 1. The number of aliphatic imine (C=N–C) groups is 1. The standard InChI is InChI=1S/C19H25ClN4O2S.HI/c1-21-19(22-12-14-11-15(26-2)3-5-17(14)25)24-9-7-23(8-10-24)13-16-4-6-18(20)27-16;/h3-6,11,25H,7-10,12-13H2,1-2H3,(H,21,22);1H. The van der Waals surface area contributed by atoms with Gasteiger partial charge in [-0.3, -0.25) is 9.89 Å². The summed E-state index contributed by atoms with van der Waals surface area (Å²) in [7, 11) is 3.40. The summed E-state index contributed by atoms with van der Waals surface area (Å²) < 4.78 is 6.07. The van der Waals surface area contributed by atoms with Crippen molar-refractivity contribution < 1.29 is 9.84 Å². The third kappa shape index (κ3) is 6.13. The molecule has 2 heterocycles. The average molecular weight is 537 g/mol. The van der Waals surface area contributed by atoms with Crippen molar-refractivity contribution in [3.63, 3.8) is 0 Å². The molecule has 0 spiro atoms. The molecule has 0 unspecified atom stereocenters. The summed E-state index contributed by atoms with van der Waals surface area (Å²) in [5, 5.41) is 13.4. The van der Waals surface area contributed by atoms with Crippen LogP contribution in [-0.4, -0.2) is 61.2 Å². The number of halogens is 2. The highest BCUT2D eigenvalue weighted by Gasteiger charge is 2.20.